The van der Waals surface area contributed by atoms with E-state index in [1.165, 1.54) is 6.92 Å². The van der Waals surface area contributed by atoms with E-state index < -0.39 is 36.0 Å². The van der Waals surface area contributed by atoms with Crippen molar-refractivity contribution in [2.24, 2.45) is 5.73 Å². The minimum atomic E-state index is -4.87. The molecule has 16 heavy (non-hydrogen) atoms. The average molecular weight is 240 g/mol. The Morgan fingerprint density at radius 1 is 1.38 bits per heavy atom. The molecule has 90 valence electrons. The normalized spacial score (nSPS) is 12.2. The van der Waals surface area contributed by atoms with Crippen LogP contribution in [0.3, 0.4) is 0 Å². The van der Waals surface area contributed by atoms with Gasteiger partial charge in [0, 0.05) is 17.8 Å². The summed E-state index contributed by atoms with van der Waals surface area (Å²) >= 11 is 0. The van der Waals surface area contributed by atoms with E-state index in [1.807, 2.05) is 0 Å². The predicted octanol–water partition coefficient (Wildman–Crippen LogP) is 2.81. The summed E-state index contributed by atoms with van der Waals surface area (Å²) in [6, 6.07) is 0.729. The Bertz CT molecular complexity index is 386. The van der Waals surface area contributed by atoms with Gasteiger partial charge in [-0.05, 0) is 13.0 Å². The molecule has 1 rings (SSSR count). The first-order valence-electron chi connectivity index (χ1n) is 4.33. The highest BCUT2D eigenvalue weighted by atomic mass is 19.4. The van der Waals surface area contributed by atoms with E-state index in [4.69, 9.17) is 5.73 Å². The largest absolute Gasteiger partial charge is 0.418 e. The third-order valence-corrected chi connectivity index (χ3v) is 1.96. The quantitative estimate of drug-likeness (QED) is 0.807. The minimum absolute atomic E-state index is 0.0868. The van der Waals surface area contributed by atoms with Crippen molar-refractivity contribution in [1.82, 2.24) is 4.98 Å². The molecule has 0 aliphatic heterocycles. The molecule has 0 atom stereocenters. The molecule has 2 N–H and O–H groups in total. The lowest BCUT2D eigenvalue weighted by molar-refractivity contribution is -0.140. The van der Waals surface area contributed by atoms with Crippen molar-refractivity contribution < 1.29 is 22.0 Å². The first kappa shape index (κ1) is 12.8. The van der Waals surface area contributed by atoms with Gasteiger partial charge in [0.1, 0.15) is 0 Å². The van der Waals surface area contributed by atoms with Crippen LogP contribution in [0.4, 0.5) is 22.0 Å². The van der Waals surface area contributed by atoms with Crippen LogP contribution in [-0.2, 0) is 12.7 Å². The molecule has 0 spiro atoms. The number of alkyl halides is 5. The second kappa shape index (κ2) is 4.32. The van der Waals surface area contributed by atoms with E-state index >= 15 is 0 Å². The number of halogens is 5. The van der Waals surface area contributed by atoms with E-state index in [1.54, 1.807) is 0 Å². The first-order chi connectivity index (χ1) is 7.27. The average Bonchev–Trinajstić information content (AvgIpc) is 2.14. The molecule has 0 bridgehead atoms. The van der Waals surface area contributed by atoms with Gasteiger partial charge >= 0.3 is 6.18 Å². The summed E-state index contributed by atoms with van der Waals surface area (Å²) in [5.41, 5.74) is 2.12. The van der Waals surface area contributed by atoms with Crippen LogP contribution in [0.15, 0.2) is 6.07 Å². The van der Waals surface area contributed by atoms with Crippen molar-refractivity contribution in [3.05, 3.63) is 28.6 Å². The van der Waals surface area contributed by atoms with Crippen LogP contribution in [-0.4, -0.2) is 4.98 Å². The summed E-state index contributed by atoms with van der Waals surface area (Å²) in [5.74, 6) is 0. The zero-order valence-corrected chi connectivity index (χ0v) is 8.28. The third-order valence-electron chi connectivity index (χ3n) is 1.96. The van der Waals surface area contributed by atoms with Crippen LogP contribution >= 0.6 is 0 Å². The maximum absolute atomic E-state index is 12.6. The van der Waals surface area contributed by atoms with Gasteiger partial charge in [0.05, 0.1) is 11.3 Å². The molecular weight excluding hydrogens is 231 g/mol. The van der Waals surface area contributed by atoms with E-state index in [0.717, 1.165) is 6.07 Å². The van der Waals surface area contributed by atoms with Crippen molar-refractivity contribution in [3.8, 4) is 0 Å². The first-order valence-corrected chi connectivity index (χ1v) is 4.33. The lowest BCUT2D eigenvalue weighted by Gasteiger charge is -2.16. The number of hydrogen-bond acceptors (Lipinski definition) is 2. The summed E-state index contributed by atoms with van der Waals surface area (Å²) < 4.78 is 62.6. The van der Waals surface area contributed by atoms with Crippen molar-refractivity contribution >= 4 is 0 Å². The Hall–Kier alpha value is -1.24. The molecule has 1 aromatic heterocycles. The standard InChI is InChI=1S/C9H9F5N2/c1-4-2-5(8(10)11)7(9(12,13)14)6(3-15)16-4/h2,8H,3,15H2,1H3. The smallest absolute Gasteiger partial charge is 0.325 e. The summed E-state index contributed by atoms with van der Waals surface area (Å²) in [6.07, 6.45) is -8.08. The highest BCUT2D eigenvalue weighted by Crippen LogP contribution is 2.38. The Morgan fingerprint density at radius 2 is 1.94 bits per heavy atom. The number of aromatic nitrogens is 1. The fraction of sp³-hybridized carbons (Fsp3) is 0.444. The van der Waals surface area contributed by atoms with Crippen molar-refractivity contribution in [3.63, 3.8) is 0 Å². The molecule has 1 heterocycles. The van der Waals surface area contributed by atoms with Gasteiger partial charge in [0.2, 0.25) is 0 Å². The van der Waals surface area contributed by atoms with Gasteiger partial charge in [-0.3, -0.25) is 4.98 Å². The number of aryl methyl sites for hydroxylation is 1. The van der Waals surface area contributed by atoms with Gasteiger partial charge in [0.15, 0.2) is 0 Å². The van der Waals surface area contributed by atoms with Gasteiger partial charge in [-0.2, -0.15) is 13.2 Å². The van der Waals surface area contributed by atoms with Gasteiger partial charge in [-0.15, -0.1) is 0 Å². The Morgan fingerprint density at radius 3 is 2.31 bits per heavy atom. The second-order valence-corrected chi connectivity index (χ2v) is 3.18. The Labute approximate surface area is 88.3 Å². The maximum Gasteiger partial charge on any atom is 0.418 e. The van der Waals surface area contributed by atoms with E-state index in [-0.39, 0.29) is 5.69 Å². The Kier molecular flexibility index (Phi) is 3.47. The highest BCUT2D eigenvalue weighted by molar-refractivity contribution is 5.36. The van der Waals surface area contributed by atoms with Gasteiger partial charge in [-0.25, -0.2) is 8.78 Å². The molecule has 2 nitrogen and oxygen atoms in total. The van der Waals surface area contributed by atoms with Crippen LogP contribution in [0.2, 0.25) is 0 Å². The summed E-state index contributed by atoms with van der Waals surface area (Å²) in [7, 11) is 0. The van der Waals surface area contributed by atoms with Gasteiger partial charge < -0.3 is 5.73 Å². The molecular formula is C9H9F5N2. The van der Waals surface area contributed by atoms with E-state index in [2.05, 4.69) is 4.98 Å². The van der Waals surface area contributed by atoms with Crippen molar-refractivity contribution in [1.29, 1.82) is 0 Å². The van der Waals surface area contributed by atoms with Crippen molar-refractivity contribution in [2.75, 3.05) is 0 Å². The SMILES string of the molecule is Cc1cc(C(F)F)c(C(F)(F)F)c(CN)n1. The lowest BCUT2D eigenvalue weighted by atomic mass is 10.0. The second-order valence-electron chi connectivity index (χ2n) is 3.18. The molecule has 0 saturated carbocycles. The van der Waals surface area contributed by atoms with E-state index in [0.29, 0.717) is 0 Å². The number of nitrogens with two attached hydrogens (primary N) is 1. The molecule has 0 aliphatic rings. The van der Waals surface area contributed by atoms with Crippen LogP contribution in [0.1, 0.15) is 28.9 Å². The molecule has 0 radical (unpaired) electrons. The van der Waals surface area contributed by atoms with Crippen LogP contribution in [0.25, 0.3) is 0 Å². The zero-order chi connectivity index (χ0) is 12.5. The Balaban J connectivity index is 3.52. The lowest BCUT2D eigenvalue weighted by Crippen LogP contribution is -2.18. The summed E-state index contributed by atoms with van der Waals surface area (Å²) in [5, 5.41) is 0. The highest BCUT2D eigenvalue weighted by Gasteiger charge is 2.38. The molecule has 0 aromatic carbocycles. The molecule has 0 saturated heterocycles. The molecule has 1 aromatic rings. The number of nitrogens with zero attached hydrogens (tertiary/aromatic N) is 1. The maximum atomic E-state index is 12.6. The summed E-state index contributed by atoms with van der Waals surface area (Å²) in [6.45, 7) is 0.807. The molecule has 7 heteroatoms. The van der Waals surface area contributed by atoms with Gasteiger partial charge in [0.25, 0.3) is 6.43 Å². The molecule has 0 fully saturated rings. The number of pyridine rings is 1. The molecule has 0 aliphatic carbocycles. The topological polar surface area (TPSA) is 38.9 Å². The fourth-order valence-corrected chi connectivity index (χ4v) is 1.41. The summed E-state index contributed by atoms with van der Waals surface area (Å²) in [4.78, 5) is 3.52. The number of hydrogen-bond donors (Lipinski definition) is 1. The third kappa shape index (κ3) is 2.46. The predicted molar refractivity (Wildman–Crippen MR) is 46.8 cm³/mol. The van der Waals surface area contributed by atoms with Crippen LogP contribution in [0.5, 0.6) is 0 Å². The van der Waals surface area contributed by atoms with Gasteiger partial charge in [-0.1, -0.05) is 0 Å². The monoisotopic (exact) mass is 240 g/mol. The van der Waals surface area contributed by atoms with Crippen molar-refractivity contribution in [2.45, 2.75) is 26.1 Å². The van der Waals surface area contributed by atoms with E-state index in [9.17, 15) is 22.0 Å². The van der Waals surface area contributed by atoms with Crippen LogP contribution in [0, 0.1) is 6.92 Å². The zero-order valence-electron chi connectivity index (χ0n) is 8.28. The molecule has 0 amide bonds. The number of rotatable bonds is 2. The minimum Gasteiger partial charge on any atom is -0.325 e. The fourth-order valence-electron chi connectivity index (χ4n) is 1.41. The molecule has 0 unspecified atom stereocenters. The van der Waals surface area contributed by atoms with Crippen LogP contribution < -0.4 is 5.73 Å².